The van der Waals surface area contributed by atoms with Crippen molar-refractivity contribution in [3.8, 4) is 34.5 Å². The summed E-state index contributed by atoms with van der Waals surface area (Å²) in [6, 6.07) is 21.0. The van der Waals surface area contributed by atoms with Crippen LogP contribution in [-0.2, 0) is 32.5 Å². The van der Waals surface area contributed by atoms with Crippen LogP contribution in [0.1, 0.15) is 180 Å². The average Bonchev–Trinajstić information content (AvgIpc) is 3.24. The largest absolute Gasteiger partial charge is 0.508 e. The number of benzene rings is 6. The zero-order valence-corrected chi connectivity index (χ0v) is 57.3. The number of hydrogen-bond acceptors (Lipinski definition) is 6. The van der Waals surface area contributed by atoms with Crippen LogP contribution in [0.3, 0.4) is 0 Å². The van der Waals surface area contributed by atoms with Crippen LogP contribution in [-0.4, -0.2) is 30.6 Å². The van der Waals surface area contributed by atoms with Crippen LogP contribution in [0.25, 0.3) is 0 Å². The molecule has 0 aliphatic carbocycles. The zero-order valence-electron chi connectivity index (χ0n) is 49.6. The van der Waals surface area contributed by atoms with Crippen LogP contribution < -0.4 is 0 Å². The van der Waals surface area contributed by atoms with Gasteiger partial charge in [-0.3, -0.25) is 0 Å². The molecule has 0 saturated carbocycles. The van der Waals surface area contributed by atoms with Crippen molar-refractivity contribution in [1.82, 2.24) is 0 Å². The van der Waals surface area contributed by atoms with Gasteiger partial charge in [0.2, 0.25) is 0 Å². The van der Waals surface area contributed by atoms with E-state index in [-0.39, 0.29) is 49.7 Å². The van der Waals surface area contributed by atoms with Crippen molar-refractivity contribution < 1.29 is 30.6 Å². The van der Waals surface area contributed by atoms with E-state index in [1.807, 2.05) is 107 Å². The Balaban J connectivity index is 0.000000468. The first kappa shape index (κ1) is 72.8. The third kappa shape index (κ3) is 22.3. The van der Waals surface area contributed by atoms with Crippen molar-refractivity contribution in [2.45, 2.75) is 185 Å². The summed E-state index contributed by atoms with van der Waals surface area (Å²) in [7, 11) is 0. The van der Waals surface area contributed by atoms with E-state index in [1.165, 1.54) is 11.6 Å². The maximum Gasteiger partial charge on any atom is 0.120 e. The summed E-state index contributed by atoms with van der Waals surface area (Å²) in [4.78, 5) is 0. The molecule has 14 heteroatoms. The molecule has 6 aromatic carbocycles. The molecule has 0 fully saturated rings. The van der Waals surface area contributed by atoms with E-state index < -0.39 is 0 Å². The molecule has 0 aliphatic rings. The maximum absolute atomic E-state index is 9.75. The molecule has 0 spiro atoms. The van der Waals surface area contributed by atoms with E-state index in [0.717, 1.165) is 53.5 Å². The minimum absolute atomic E-state index is 0.0164. The molecule has 6 N–H and O–H groups in total. The molecule has 0 unspecified atom stereocenters. The Morgan fingerprint density at radius 3 is 0.949 bits per heavy atom. The highest BCUT2D eigenvalue weighted by Crippen LogP contribution is 2.42. The highest BCUT2D eigenvalue weighted by molar-refractivity contribution is 9.13. The number of aromatic hydroxyl groups is 6. The van der Waals surface area contributed by atoms with Crippen molar-refractivity contribution >= 4 is 101 Å². The molecule has 6 rings (SSSR count). The lowest BCUT2D eigenvalue weighted by atomic mass is 9.84. The fourth-order valence-corrected chi connectivity index (χ4v) is 9.39. The summed E-state index contributed by atoms with van der Waals surface area (Å²) < 4.78 is 1.84. The van der Waals surface area contributed by atoms with Gasteiger partial charge in [0.1, 0.15) is 34.5 Å². The molecule has 432 valence electrons. The van der Waals surface area contributed by atoms with Gasteiger partial charge >= 0.3 is 0 Å². The van der Waals surface area contributed by atoms with Crippen molar-refractivity contribution in [2.75, 3.05) is 0 Å². The lowest BCUT2D eigenvalue weighted by Crippen LogP contribution is -2.12. The molecule has 6 aromatic rings. The van der Waals surface area contributed by atoms with Crippen molar-refractivity contribution in [3.05, 3.63) is 168 Å². The number of hydrogen-bond donors (Lipinski definition) is 6. The first-order valence-corrected chi connectivity index (χ1v) is 29.1. The van der Waals surface area contributed by atoms with Gasteiger partial charge in [0.05, 0.1) is 20.1 Å². The van der Waals surface area contributed by atoms with Gasteiger partial charge in [0.15, 0.2) is 0 Å². The molecule has 6 nitrogen and oxygen atoms in total. The Morgan fingerprint density at radius 2 is 0.551 bits per heavy atom. The lowest BCUT2D eigenvalue weighted by molar-refractivity contribution is 0.445. The third-order valence-electron chi connectivity index (χ3n) is 12.1. The number of aryl methyl sites for hydroxylation is 4. The fourth-order valence-electron chi connectivity index (χ4n) is 7.47. The second-order valence-electron chi connectivity index (χ2n) is 25.5. The Bertz CT molecular complexity index is 2610. The zero-order chi connectivity index (χ0) is 61.3. The highest BCUT2D eigenvalue weighted by atomic mass is 79.9. The van der Waals surface area contributed by atoms with Crippen molar-refractivity contribution in [2.24, 2.45) is 0 Å². The molecule has 0 atom stereocenters. The van der Waals surface area contributed by atoms with Gasteiger partial charge in [-0.1, -0.05) is 206 Å². The monoisotopic (exact) mass is 1320 g/mol. The fraction of sp³-hybridized carbons (Fsp3) is 0.438. The first-order valence-electron chi connectivity index (χ1n) is 25.3. The standard InChI is InChI=1S/C12H18O.2C11H15ClO.C10H12Br2O.2C10H12Cl2O/c1-8-6-10(12(3,4)5)11(13)7-9(8)2;1-7-5-10(13)8(6-9(7)12)11(2,3)4;1-7-5-8(11(2,3)4)10(13)6-9(7)12;2*1-10(2,3)6-4-7(11)8(12)5-9(6)13;1-10(2,3)8-7(13)5-4-6(11)9(8)12/h6-7,13H,1-5H3;2*5-6,13H,1-4H3;3*4-5,13H,1-3H3. The lowest BCUT2D eigenvalue weighted by Gasteiger charge is -2.22. The quantitative estimate of drug-likeness (QED) is 0.0901. The number of phenolic OH excluding ortho intramolecular Hbond substituents is 6. The van der Waals surface area contributed by atoms with Gasteiger partial charge in [-0.05, 0) is 180 Å². The third-order valence-corrected chi connectivity index (χ3v) is 16.3. The topological polar surface area (TPSA) is 121 Å². The van der Waals surface area contributed by atoms with Crippen LogP contribution in [0.4, 0.5) is 0 Å². The van der Waals surface area contributed by atoms with Gasteiger partial charge in [0.25, 0.3) is 0 Å². The molecule has 0 bridgehead atoms. The molecular weight excluding hydrogens is 1240 g/mol. The second-order valence-corrected chi connectivity index (χ2v) is 29.6. The van der Waals surface area contributed by atoms with E-state index >= 15 is 0 Å². The SMILES string of the molecule is CC(C)(C)c1c(O)ccc(Cl)c1Cl.CC(C)(C)c1cc(Br)c(Br)cc1O.CC(C)(C)c1cc(Cl)c(Cl)cc1O.Cc1cc(C(C)(C)C)c(O)cc1Cl.Cc1cc(O)c(C(C)(C)C)cc1C.Cc1cc(O)c(C(C)(C)C)cc1Cl. The van der Waals surface area contributed by atoms with Crippen LogP contribution in [0.2, 0.25) is 30.1 Å². The summed E-state index contributed by atoms with van der Waals surface area (Å²) in [5.41, 5.74) is 9.14. The average molecular weight is 1320 g/mol. The maximum atomic E-state index is 9.75. The van der Waals surface area contributed by atoms with Gasteiger partial charge in [-0.2, -0.15) is 0 Å². The summed E-state index contributed by atoms with van der Waals surface area (Å²) in [6.45, 7) is 44.7. The normalized spacial score (nSPS) is 11.8. The Kier molecular flexibility index (Phi) is 26.8. The molecule has 0 saturated heterocycles. The minimum Gasteiger partial charge on any atom is -0.508 e. The second kappa shape index (κ2) is 28.7. The Labute approximate surface area is 514 Å². The predicted molar refractivity (Wildman–Crippen MR) is 345 cm³/mol. The number of phenols is 6. The van der Waals surface area contributed by atoms with E-state index in [9.17, 15) is 30.6 Å². The Morgan fingerprint density at radius 1 is 0.282 bits per heavy atom. The summed E-state index contributed by atoms with van der Waals surface area (Å²) in [5, 5.41) is 61.1. The predicted octanol–water partition coefficient (Wildman–Crippen LogP) is 22.8. The van der Waals surface area contributed by atoms with E-state index in [0.29, 0.717) is 52.9 Å². The summed E-state index contributed by atoms with van der Waals surface area (Å²) in [5.74, 6) is 1.75. The smallest absolute Gasteiger partial charge is 0.120 e. The van der Waals surface area contributed by atoms with E-state index in [1.54, 1.807) is 36.4 Å². The van der Waals surface area contributed by atoms with Gasteiger partial charge in [-0.25, -0.2) is 0 Å². The van der Waals surface area contributed by atoms with Gasteiger partial charge in [0, 0.05) is 47.3 Å². The van der Waals surface area contributed by atoms with Crippen molar-refractivity contribution in [3.63, 3.8) is 0 Å². The van der Waals surface area contributed by atoms with Crippen molar-refractivity contribution in [1.29, 1.82) is 0 Å². The summed E-state index contributed by atoms with van der Waals surface area (Å²) >= 11 is 42.0. The van der Waals surface area contributed by atoms with Gasteiger partial charge < -0.3 is 30.6 Å². The van der Waals surface area contributed by atoms with E-state index in [2.05, 4.69) is 107 Å². The molecule has 78 heavy (non-hydrogen) atoms. The Hall–Kier alpha value is -3.18. The number of rotatable bonds is 0. The summed E-state index contributed by atoms with van der Waals surface area (Å²) in [6.07, 6.45) is 0. The van der Waals surface area contributed by atoms with Gasteiger partial charge in [-0.15, -0.1) is 0 Å². The number of halogens is 8. The van der Waals surface area contributed by atoms with Crippen LogP contribution in [0.5, 0.6) is 34.5 Å². The molecular formula is C64H84Br2Cl6O6. The van der Waals surface area contributed by atoms with Crippen LogP contribution in [0, 0.1) is 27.7 Å². The minimum atomic E-state index is -0.202. The first-order chi connectivity index (χ1) is 34.9. The molecule has 0 aromatic heterocycles. The van der Waals surface area contributed by atoms with E-state index in [4.69, 9.17) is 69.6 Å². The van der Waals surface area contributed by atoms with Crippen LogP contribution >= 0.6 is 101 Å². The highest BCUT2D eigenvalue weighted by Gasteiger charge is 2.25. The van der Waals surface area contributed by atoms with Crippen LogP contribution in [0.15, 0.2) is 81.7 Å². The molecule has 0 heterocycles. The molecule has 0 aliphatic heterocycles. The molecule has 0 radical (unpaired) electrons. The molecule has 0 amide bonds.